The zero-order chi connectivity index (χ0) is 14.5. The molecule has 0 saturated heterocycles. The molecule has 0 aromatic heterocycles. The van der Waals surface area contributed by atoms with Crippen LogP contribution < -0.4 is 16.4 Å². The quantitative estimate of drug-likeness (QED) is 0.759. The number of rotatable bonds is 3. The van der Waals surface area contributed by atoms with Crippen LogP contribution in [-0.2, 0) is 0 Å². The molecule has 5 heteroatoms. The standard InChI is InChI=1S/C15H15N3OS/c1-10-6-2-4-8-12(10)17-14(19)11-7-3-5-9-13(11)18-15(16)20/h2-9H,1H3,(H,17,19)(H3,16,18,20). The fourth-order valence-electron chi connectivity index (χ4n) is 1.83. The second-order valence-corrected chi connectivity index (χ2v) is 4.74. The number of hydrogen-bond donors (Lipinski definition) is 3. The van der Waals surface area contributed by atoms with Crippen LogP contribution in [0.15, 0.2) is 48.5 Å². The van der Waals surface area contributed by atoms with Crippen LogP contribution in [0.25, 0.3) is 0 Å². The Morgan fingerprint density at radius 1 is 1.00 bits per heavy atom. The van der Waals surface area contributed by atoms with E-state index in [-0.39, 0.29) is 11.0 Å². The van der Waals surface area contributed by atoms with Gasteiger partial charge in [-0.15, -0.1) is 0 Å². The van der Waals surface area contributed by atoms with Crippen LogP contribution in [0.4, 0.5) is 11.4 Å². The number of carbonyl (C=O) groups excluding carboxylic acids is 1. The van der Waals surface area contributed by atoms with E-state index in [1.54, 1.807) is 18.2 Å². The van der Waals surface area contributed by atoms with Gasteiger partial charge < -0.3 is 16.4 Å². The Hall–Kier alpha value is -2.40. The van der Waals surface area contributed by atoms with Crippen molar-refractivity contribution in [1.82, 2.24) is 0 Å². The van der Waals surface area contributed by atoms with Crippen molar-refractivity contribution < 1.29 is 4.79 Å². The van der Waals surface area contributed by atoms with Crippen molar-refractivity contribution in [3.63, 3.8) is 0 Å². The summed E-state index contributed by atoms with van der Waals surface area (Å²) in [6, 6.07) is 14.7. The summed E-state index contributed by atoms with van der Waals surface area (Å²) in [6.07, 6.45) is 0. The number of thiocarbonyl (C=S) groups is 1. The van der Waals surface area contributed by atoms with Gasteiger partial charge in [-0.05, 0) is 42.9 Å². The van der Waals surface area contributed by atoms with Crippen LogP contribution in [0.1, 0.15) is 15.9 Å². The van der Waals surface area contributed by atoms with E-state index in [4.69, 9.17) is 18.0 Å². The summed E-state index contributed by atoms with van der Waals surface area (Å²) in [5, 5.41) is 5.81. The molecule has 0 spiro atoms. The molecule has 2 aromatic rings. The summed E-state index contributed by atoms with van der Waals surface area (Å²) in [7, 11) is 0. The zero-order valence-electron chi connectivity index (χ0n) is 11.0. The summed E-state index contributed by atoms with van der Waals surface area (Å²) in [4.78, 5) is 12.3. The molecule has 4 nitrogen and oxygen atoms in total. The van der Waals surface area contributed by atoms with E-state index in [0.717, 1.165) is 11.3 Å². The van der Waals surface area contributed by atoms with Gasteiger partial charge in [-0.2, -0.15) is 0 Å². The van der Waals surface area contributed by atoms with Crippen molar-refractivity contribution in [2.45, 2.75) is 6.92 Å². The molecule has 2 rings (SSSR count). The third-order valence-electron chi connectivity index (χ3n) is 2.82. The van der Waals surface area contributed by atoms with Crippen LogP contribution in [0.3, 0.4) is 0 Å². The number of carbonyl (C=O) groups is 1. The first kappa shape index (κ1) is 14.0. The van der Waals surface area contributed by atoms with Gasteiger partial charge in [-0.1, -0.05) is 30.3 Å². The van der Waals surface area contributed by atoms with Crippen molar-refractivity contribution >= 4 is 34.6 Å². The van der Waals surface area contributed by atoms with E-state index < -0.39 is 0 Å². The summed E-state index contributed by atoms with van der Waals surface area (Å²) >= 11 is 4.81. The highest BCUT2D eigenvalue weighted by Gasteiger charge is 2.12. The number of anilines is 2. The fourth-order valence-corrected chi connectivity index (χ4v) is 1.94. The SMILES string of the molecule is Cc1ccccc1NC(=O)c1ccccc1NC(N)=S. The predicted molar refractivity (Wildman–Crippen MR) is 86.0 cm³/mol. The normalized spacial score (nSPS) is 9.85. The van der Waals surface area contributed by atoms with Crippen molar-refractivity contribution in [2.75, 3.05) is 10.6 Å². The Bertz CT molecular complexity index is 655. The van der Waals surface area contributed by atoms with Gasteiger partial charge >= 0.3 is 0 Å². The van der Waals surface area contributed by atoms with E-state index in [2.05, 4.69) is 10.6 Å². The van der Waals surface area contributed by atoms with Gasteiger partial charge in [0.25, 0.3) is 5.91 Å². The van der Waals surface area contributed by atoms with E-state index in [9.17, 15) is 4.79 Å². The van der Waals surface area contributed by atoms with Crippen molar-refractivity contribution in [2.24, 2.45) is 5.73 Å². The van der Waals surface area contributed by atoms with E-state index in [1.807, 2.05) is 37.3 Å². The Morgan fingerprint density at radius 3 is 2.25 bits per heavy atom. The molecule has 0 fully saturated rings. The summed E-state index contributed by atoms with van der Waals surface area (Å²) in [5.74, 6) is -0.210. The van der Waals surface area contributed by atoms with Crippen LogP contribution in [0.2, 0.25) is 0 Å². The third-order valence-corrected chi connectivity index (χ3v) is 2.92. The molecule has 0 aliphatic heterocycles. The Labute approximate surface area is 123 Å². The molecule has 1 amide bonds. The van der Waals surface area contributed by atoms with Crippen LogP contribution in [0, 0.1) is 6.92 Å². The van der Waals surface area contributed by atoms with Gasteiger partial charge in [0.15, 0.2) is 5.11 Å². The number of hydrogen-bond acceptors (Lipinski definition) is 2. The van der Waals surface area contributed by atoms with Crippen molar-refractivity contribution in [3.05, 3.63) is 59.7 Å². The van der Waals surface area contributed by atoms with Crippen LogP contribution in [-0.4, -0.2) is 11.0 Å². The average Bonchev–Trinajstić information content (AvgIpc) is 2.41. The highest BCUT2D eigenvalue weighted by Crippen LogP contribution is 2.19. The first-order valence-corrected chi connectivity index (χ1v) is 6.51. The van der Waals surface area contributed by atoms with Gasteiger partial charge in [-0.25, -0.2) is 0 Å². The number of amides is 1. The maximum atomic E-state index is 12.3. The Morgan fingerprint density at radius 2 is 1.60 bits per heavy atom. The second kappa shape index (κ2) is 6.16. The molecule has 2 aromatic carbocycles. The lowest BCUT2D eigenvalue weighted by Gasteiger charge is -2.12. The lowest BCUT2D eigenvalue weighted by Crippen LogP contribution is -2.22. The molecule has 0 atom stereocenters. The summed E-state index contributed by atoms with van der Waals surface area (Å²) in [5.41, 5.74) is 8.32. The smallest absolute Gasteiger partial charge is 0.257 e. The molecule has 0 aliphatic carbocycles. The monoisotopic (exact) mass is 285 g/mol. The average molecular weight is 285 g/mol. The molecule has 4 N–H and O–H groups in total. The van der Waals surface area contributed by atoms with Crippen LogP contribution in [0.5, 0.6) is 0 Å². The molecule has 0 bridgehead atoms. The Balaban J connectivity index is 2.26. The lowest BCUT2D eigenvalue weighted by molar-refractivity contribution is 0.102. The van der Waals surface area contributed by atoms with Gasteiger partial charge in [0.2, 0.25) is 0 Å². The topological polar surface area (TPSA) is 67.2 Å². The summed E-state index contributed by atoms with van der Waals surface area (Å²) < 4.78 is 0. The minimum absolute atomic E-state index is 0.126. The number of benzene rings is 2. The largest absolute Gasteiger partial charge is 0.376 e. The predicted octanol–water partition coefficient (Wildman–Crippen LogP) is 2.90. The van der Waals surface area contributed by atoms with Crippen LogP contribution >= 0.6 is 12.2 Å². The molecule has 0 unspecified atom stereocenters. The highest BCUT2D eigenvalue weighted by atomic mass is 32.1. The minimum atomic E-state index is -0.210. The van der Waals surface area contributed by atoms with Crippen molar-refractivity contribution in [1.29, 1.82) is 0 Å². The number of aryl methyl sites for hydroxylation is 1. The van der Waals surface area contributed by atoms with Crippen molar-refractivity contribution in [3.8, 4) is 0 Å². The highest BCUT2D eigenvalue weighted by molar-refractivity contribution is 7.80. The molecule has 0 aliphatic rings. The fraction of sp³-hybridized carbons (Fsp3) is 0.0667. The maximum absolute atomic E-state index is 12.3. The van der Waals surface area contributed by atoms with E-state index in [1.165, 1.54) is 0 Å². The summed E-state index contributed by atoms with van der Waals surface area (Å²) in [6.45, 7) is 1.94. The number of para-hydroxylation sites is 2. The molecule has 0 saturated carbocycles. The molecular formula is C15H15N3OS. The number of nitrogens with two attached hydrogens (primary N) is 1. The molecule has 102 valence electrons. The van der Waals surface area contributed by atoms with Gasteiger partial charge in [0.1, 0.15) is 0 Å². The molecule has 0 radical (unpaired) electrons. The first-order chi connectivity index (χ1) is 9.58. The lowest BCUT2D eigenvalue weighted by atomic mass is 10.1. The van der Waals surface area contributed by atoms with Gasteiger partial charge in [-0.3, -0.25) is 4.79 Å². The maximum Gasteiger partial charge on any atom is 0.257 e. The number of nitrogens with one attached hydrogen (secondary N) is 2. The zero-order valence-corrected chi connectivity index (χ0v) is 11.8. The molecular weight excluding hydrogens is 270 g/mol. The molecule has 0 heterocycles. The van der Waals surface area contributed by atoms with E-state index >= 15 is 0 Å². The van der Waals surface area contributed by atoms with E-state index in [0.29, 0.717) is 11.3 Å². The third kappa shape index (κ3) is 3.33. The second-order valence-electron chi connectivity index (χ2n) is 4.30. The van der Waals surface area contributed by atoms with Gasteiger partial charge in [0.05, 0.1) is 11.3 Å². The first-order valence-electron chi connectivity index (χ1n) is 6.10. The molecule has 20 heavy (non-hydrogen) atoms. The Kier molecular flexibility index (Phi) is 4.32. The van der Waals surface area contributed by atoms with Gasteiger partial charge in [0, 0.05) is 5.69 Å². The minimum Gasteiger partial charge on any atom is -0.376 e.